The molecule has 3 rings (SSSR count). The number of amides is 1. The van der Waals surface area contributed by atoms with Crippen molar-refractivity contribution in [1.29, 1.82) is 0 Å². The number of nitrogens with one attached hydrogen (secondary N) is 2. The SMILES string of the molecule is COC1CCN(Cc2cn(C)nc2C(=O)NCCc2ccc[nH]2)C1. The van der Waals surface area contributed by atoms with E-state index < -0.39 is 0 Å². The average Bonchev–Trinajstić information content (AvgIpc) is 3.29. The Kier molecular flexibility index (Phi) is 5.32. The molecule has 7 nitrogen and oxygen atoms in total. The Labute approximate surface area is 142 Å². The summed E-state index contributed by atoms with van der Waals surface area (Å²) in [5.41, 5.74) is 2.59. The summed E-state index contributed by atoms with van der Waals surface area (Å²) in [5, 5.41) is 7.30. The van der Waals surface area contributed by atoms with Crippen LogP contribution in [0.4, 0.5) is 0 Å². The zero-order valence-electron chi connectivity index (χ0n) is 14.3. The first-order valence-corrected chi connectivity index (χ1v) is 8.34. The second kappa shape index (κ2) is 7.63. The zero-order valence-corrected chi connectivity index (χ0v) is 14.3. The van der Waals surface area contributed by atoms with Gasteiger partial charge in [-0.15, -0.1) is 0 Å². The van der Waals surface area contributed by atoms with Crippen molar-refractivity contribution < 1.29 is 9.53 Å². The molecule has 1 unspecified atom stereocenters. The minimum Gasteiger partial charge on any atom is -0.380 e. The number of carbonyl (C=O) groups excluding carboxylic acids is 1. The van der Waals surface area contributed by atoms with E-state index in [1.54, 1.807) is 11.8 Å². The fourth-order valence-corrected chi connectivity index (χ4v) is 3.14. The molecule has 3 heterocycles. The Morgan fingerprint density at radius 3 is 3.12 bits per heavy atom. The van der Waals surface area contributed by atoms with Crippen LogP contribution in [0.1, 0.15) is 28.2 Å². The van der Waals surface area contributed by atoms with Gasteiger partial charge < -0.3 is 15.0 Å². The summed E-state index contributed by atoms with van der Waals surface area (Å²) >= 11 is 0. The van der Waals surface area contributed by atoms with Crippen molar-refractivity contribution in [1.82, 2.24) is 25.0 Å². The first-order valence-electron chi connectivity index (χ1n) is 8.34. The van der Waals surface area contributed by atoms with Gasteiger partial charge in [0.1, 0.15) is 0 Å². The zero-order chi connectivity index (χ0) is 16.9. The smallest absolute Gasteiger partial charge is 0.272 e. The molecule has 1 aliphatic heterocycles. The van der Waals surface area contributed by atoms with Crippen LogP contribution in [0.5, 0.6) is 0 Å². The number of hydrogen-bond acceptors (Lipinski definition) is 4. The van der Waals surface area contributed by atoms with Gasteiger partial charge in [-0.1, -0.05) is 0 Å². The van der Waals surface area contributed by atoms with Gasteiger partial charge in [0.2, 0.25) is 0 Å². The van der Waals surface area contributed by atoms with E-state index in [1.165, 1.54) is 0 Å². The molecule has 7 heteroatoms. The second-order valence-corrected chi connectivity index (χ2v) is 6.26. The number of hydrogen-bond donors (Lipinski definition) is 2. The van der Waals surface area contributed by atoms with Gasteiger partial charge in [-0.05, 0) is 18.6 Å². The Morgan fingerprint density at radius 1 is 1.54 bits per heavy atom. The summed E-state index contributed by atoms with van der Waals surface area (Å²) in [6.07, 6.45) is 5.92. The van der Waals surface area contributed by atoms with Crippen LogP contribution in [0, 0.1) is 0 Å². The molecule has 2 aromatic heterocycles. The molecule has 0 aromatic carbocycles. The lowest BCUT2D eigenvalue weighted by molar-refractivity contribution is 0.0945. The minimum absolute atomic E-state index is 0.111. The molecule has 0 saturated carbocycles. The quantitative estimate of drug-likeness (QED) is 0.792. The number of nitrogens with zero attached hydrogens (tertiary/aromatic N) is 3. The maximum atomic E-state index is 12.5. The highest BCUT2D eigenvalue weighted by Crippen LogP contribution is 2.17. The van der Waals surface area contributed by atoms with E-state index in [-0.39, 0.29) is 5.91 Å². The van der Waals surface area contributed by atoms with Crippen molar-refractivity contribution in [3.63, 3.8) is 0 Å². The summed E-state index contributed by atoms with van der Waals surface area (Å²) in [7, 11) is 3.60. The van der Waals surface area contributed by atoms with Crippen molar-refractivity contribution in [3.8, 4) is 0 Å². The molecule has 1 aliphatic rings. The number of likely N-dealkylation sites (tertiary alicyclic amines) is 1. The maximum absolute atomic E-state index is 12.5. The number of methoxy groups -OCH3 is 1. The normalized spacial score (nSPS) is 18.2. The summed E-state index contributed by atoms with van der Waals surface area (Å²) in [6, 6.07) is 3.97. The largest absolute Gasteiger partial charge is 0.380 e. The summed E-state index contributed by atoms with van der Waals surface area (Å²) < 4.78 is 7.11. The van der Waals surface area contributed by atoms with E-state index in [2.05, 4.69) is 20.3 Å². The number of ether oxygens (including phenoxy) is 1. The van der Waals surface area contributed by atoms with Crippen LogP contribution in [-0.4, -0.2) is 58.4 Å². The van der Waals surface area contributed by atoms with E-state index in [9.17, 15) is 4.79 Å². The van der Waals surface area contributed by atoms with Crippen molar-refractivity contribution >= 4 is 5.91 Å². The van der Waals surface area contributed by atoms with Gasteiger partial charge in [-0.2, -0.15) is 5.10 Å². The van der Waals surface area contributed by atoms with E-state index in [0.717, 1.165) is 43.7 Å². The lowest BCUT2D eigenvalue weighted by Crippen LogP contribution is -2.28. The van der Waals surface area contributed by atoms with E-state index in [0.29, 0.717) is 18.3 Å². The van der Waals surface area contributed by atoms with Gasteiger partial charge in [0.05, 0.1) is 6.10 Å². The van der Waals surface area contributed by atoms with Crippen LogP contribution in [0.15, 0.2) is 24.5 Å². The third-order valence-electron chi connectivity index (χ3n) is 4.42. The standard InChI is InChI=1S/C17H25N5O2/c1-21-10-13(11-22-9-6-15(12-22)24-2)16(20-21)17(23)19-8-5-14-4-3-7-18-14/h3-4,7,10,15,18H,5-6,8-9,11-12H2,1-2H3,(H,19,23). The molecule has 1 fully saturated rings. The highest BCUT2D eigenvalue weighted by Gasteiger charge is 2.24. The molecule has 0 bridgehead atoms. The predicted molar refractivity (Wildman–Crippen MR) is 90.7 cm³/mol. The molecule has 130 valence electrons. The first kappa shape index (κ1) is 16.7. The lowest BCUT2D eigenvalue weighted by Gasteiger charge is -2.15. The van der Waals surface area contributed by atoms with Gasteiger partial charge in [0, 0.05) is 70.4 Å². The monoisotopic (exact) mass is 331 g/mol. The van der Waals surface area contributed by atoms with Crippen molar-refractivity contribution in [2.45, 2.75) is 25.5 Å². The Balaban J connectivity index is 1.57. The molecule has 24 heavy (non-hydrogen) atoms. The van der Waals surface area contributed by atoms with Crippen molar-refractivity contribution in [3.05, 3.63) is 41.5 Å². The number of aryl methyl sites for hydroxylation is 1. The molecule has 1 saturated heterocycles. The molecule has 1 amide bonds. The predicted octanol–water partition coefficient (Wildman–Crippen LogP) is 0.941. The number of aromatic nitrogens is 3. The Morgan fingerprint density at radius 2 is 2.42 bits per heavy atom. The van der Waals surface area contributed by atoms with Crippen molar-refractivity contribution in [2.24, 2.45) is 7.05 Å². The van der Waals surface area contributed by atoms with Gasteiger partial charge in [-0.3, -0.25) is 14.4 Å². The number of aromatic amines is 1. The van der Waals surface area contributed by atoms with Crippen LogP contribution in [-0.2, 0) is 24.8 Å². The van der Waals surface area contributed by atoms with E-state index >= 15 is 0 Å². The lowest BCUT2D eigenvalue weighted by atomic mass is 10.2. The molecule has 0 aliphatic carbocycles. The summed E-state index contributed by atoms with van der Waals surface area (Å²) in [5.74, 6) is -0.111. The van der Waals surface area contributed by atoms with Crippen LogP contribution in [0.25, 0.3) is 0 Å². The highest BCUT2D eigenvalue weighted by molar-refractivity contribution is 5.93. The van der Waals surface area contributed by atoms with Crippen LogP contribution >= 0.6 is 0 Å². The molecule has 2 N–H and O–H groups in total. The number of rotatable bonds is 7. The topological polar surface area (TPSA) is 75.2 Å². The molecule has 1 atom stereocenters. The third-order valence-corrected chi connectivity index (χ3v) is 4.42. The van der Waals surface area contributed by atoms with Gasteiger partial charge in [0.25, 0.3) is 5.91 Å². The highest BCUT2D eigenvalue weighted by atomic mass is 16.5. The van der Waals surface area contributed by atoms with Gasteiger partial charge >= 0.3 is 0 Å². The molecule has 0 radical (unpaired) electrons. The van der Waals surface area contributed by atoms with Crippen LogP contribution in [0.2, 0.25) is 0 Å². The number of H-pyrrole nitrogens is 1. The summed E-state index contributed by atoms with van der Waals surface area (Å²) in [4.78, 5) is 17.9. The molecular formula is C17H25N5O2. The third kappa shape index (κ3) is 4.04. The van der Waals surface area contributed by atoms with E-state index in [1.807, 2.05) is 31.6 Å². The molecule has 2 aromatic rings. The van der Waals surface area contributed by atoms with E-state index in [4.69, 9.17) is 4.74 Å². The van der Waals surface area contributed by atoms with Crippen molar-refractivity contribution in [2.75, 3.05) is 26.7 Å². The maximum Gasteiger partial charge on any atom is 0.272 e. The number of carbonyl (C=O) groups is 1. The minimum atomic E-state index is -0.111. The molecular weight excluding hydrogens is 306 g/mol. The Hall–Kier alpha value is -2.12. The van der Waals surface area contributed by atoms with Gasteiger partial charge in [-0.25, -0.2) is 0 Å². The Bertz CT molecular complexity index is 665. The van der Waals surface area contributed by atoms with Crippen LogP contribution in [0.3, 0.4) is 0 Å². The fraction of sp³-hybridized carbons (Fsp3) is 0.529. The van der Waals surface area contributed by atoms with Crippen LogP contribution < -0.4 is 5.32 Å². The average molecular weight is 331 g/mol. The molecule has 0 spiro atoms. The second-order valence-electron chi connectivity index (χ2n) is 6.26. The van der Waals surface area contributed by atoms with Gasteiger partial charge in [0.15, 0.2) is 5.69 Å². The first-order chi connectivity index (χ1) is 11.7. The summed E-state index contributed by atoms with van der Waals surface area (Å²) in [6.45, 7) is 3.21. The fourth-order valence-electron chi connectivity index (χ4n) is 3.14.